The second-order valence-electron chi connectivity index (χ2n) is 7.03. The molecule has 1 aliphatic carbocycles. The van der Waals surface area contributed by atoms with Gasteiger partial charge in [0, 0.05) is 11.8 Å². The molecule has 2 aliphatic heterocycles. The molecule has 0 atom stereocenters. The van der Waals surface area contributed by atoms with Crippen LogP contribution in [-0.2, 0) is 9.59 Å². The molecule has 0 aromatic heterocycles. The molecule has 24 heavy (non-hydrogen) atoms. The molecule has 0 saturated heterocycles. The van der Waals surface area contributed by atoms with Crippen molar-refractivity contribution in [3.63, 3.8) is 0 Å². The SMILES string of the molecule is Cc1ccc2c(c1)OC(=O)C1C2C2C(=O)Oc3cc(C)ccc3C12. The van der Waals surface area contributed by atoms with E-state index in [0.29, 0.717) is 11.5 Å². The van der Waals surface area contributed by atoms with Crippen LogP contribution in [0.2, 0.25) is 0 Å². The first-order valence-electron chi connectivity index (χ1n) is 8.19. The van der Waals surface area contributed by atoms with Crippen LogP contribution in [0.3, 0.4) is 0 Å². The summed E-state index contributed by atoms with van der Waals surface area (Å²) < 4.78 is 11.2. The Morgan fingerprint density at radius 2 is 1.08 bits per heavy atom. The molecule has 0 unspecified atom stereocenters. The average Bonchev–Trinajstić information content (AvgIpc) is 2.49. The molecule has 1 saturated carbocycles. The van der Waals surface area contributed by atoms with Crippen molar-refractivity contribution in [2.24, 2.45) is 11.8 Å². The molecule has 3 aliphatic rings. The van der Waals surface area contributed by atoms with E-state index in [0.717, 1.165) is 22.3 Å². The van der Waals surface area contributed by atoms with Gasteiger partial charge in [0.15, 0.2) is 0 Å². The maximum absolute atomic E-state index is 12.6. The Morgan fingerprint density at radius 1 is 0.667 bits per heavy atom. The van der Waals surface area contributed by atoms with Crippen LogP contribution >= 0.6 is 0 Å². The van der Waals surface area contributed by atoms with E-state index in [4.69, 9.17) is 9.47 Å². The summed E-state index contributed by atoms with van der Waals surface area (Å²) in [6, 6.07) is 11.7. The lowest BCUT2D eigenvalue weighted by Gasteiger charge is -2.53. The number of esters is 2. The first kappa shape index (κ1) is 13.8. The number of ether oxygens (including phenoxy) is 2. The molecule has 1 fully saturated rings. The van der Waals surface area contributed by atoms with Crippen LogP contribution in [0.25, 0.3) is 0 Å². The van der Waals surface area contributed by atoms with Gasteiger partial charge in [-0.1, -0.05) is 24.3 Å². The van der Waals surface area contributed by atoms with Crippen LogP contribution in [0, 0.1) is 25.7 Å². The summed E-state index contributed by atoms with van der Waals surface area (Å²) in [6.45, 7) is 3.91. The normalized spacial score (nSPS) is 29.2. The quantitative estimate of drug-likeness (QED) is 0.552. The molecule has 0 bridgehead atoms. The Bertz CT molecular complexity index is 830. The van der Waals surface area contributed by atoms with Crippen molar-refractivity contribution < 1.29 is 19.1 Å². The van der Waals surface area contributed by atoms with Gasteiger partial charge in [0.25, 0.3) is 0 Å². The van der Waals surface area contributed by atoms with E-state index in [1.54, 1.807) is 0 Å². The van der Waals surface area contributed by atoms with Crippen molar-refractivity contribution in [1.82, 2.24) is 0 Å². The molecule has 0 radical (unpaired) electrons. The first-order valence-corrected chi connectivity index (χ1v) is 8.19. The van der Waals surface area contributed by atoms with Gasteiger partial charge >= 0.3 is 11.9 Å². The van der Waals surface area contributed by atoms with Crippen molar-refractivity contribution >= 4 is 11.9 Å². The molecule has 0 amide bonds. The van der Waals surface area contributed by atoms with Gasteiger partial charge in [-0.05, 0) is 48.2 Å². The fraction of sp³-hybridized carbons (Fsp3) is 0.300. The minimum atomic E-state index is -0.306. The highest BCUT2D eigenvalue weighted by Crippen LogP contribution is 2.64. The molecule has 0 N–H and O–H groups in total. The number of carbonyl (C=O) groups excluding carboxylic acids is 2. The summed E-state index contributed by atoms with van der Waals surface area (Å²) in [5.41, 5.74) is 3.95. The molecule has 0 spiro atoms. The lowest BCUT2D eigenvalue weighted by molar-refractivity contribution is -0.161. The highest BCUT2D eigenvalue weighted by atomic mass is 16.5. The minimum absolute atomic E-state index is 0.145. The van der Waals surface area contributed by atoms with Gasteiger partial charge in [-0.25, -0.2) is 0 Å². The van der Waals surface area contributed by atoms with E-state index in [1.807, 2.05) is 50.2 Å². The summed E-state index contributed by atoms with van der Waals surface area (Å²) in [5.74, 6) is -0.202. The average molecular weight is 320 g/mol. The van der Waals surface area contributed by atoms with E-state index in [-0.39, 0.29) is 35.6 Å². The third-order valence-corrected chi connectivity index (χ3v) is 5.57. The van der Waals surface area contributed by atoms with Gasteiger partial charge in [0.2, 0.25) is 0 Å². The van der Waals surface area contributed by atoms with Crippen LogP contribution in [0.5, 0.6) is 11.5 Å². The molecular weight excluding hydrogens is 304 g/mol. The predicted octanol–water partition coefficient (Wildman–Crippen LogP) is 3.25. The van der Waals surface area contributed by atoms with Gasteiger partial charge < -0.3 is 9.47 Å². The number of carbonyl (C=O) groups is 2. The Labute approximate surface area is 139 Å². The van der Waals surface area contributed by atoms with Gasteiger partial charge in [-0.3, -0.25) is 9.59 Å². The van der Waals surface area contributed by atoms with Gasteiger partial charge in [-0.2, -0.15) is 0 Å². The third kappa shape index (κ3) is 1.63. The molecule has 120 valence electrons. The zero-order valence-electron chi connectivity index (χ0n) is 13.4. The zero-order valence-corrected chi connectivity index (χ0v) is 13.4. The summed E-state index contributed by atoms with van der Waals surface area (Å²) in [7, 11) is 0. The summed E-state index contributed by atoms with van der Waals surface area (Å²) >= 11 is 0. The smallest absolute Gasteiger partial charge is 0.315 e. The van der Waals surface area contributed by atoms with Crippen LogP contribution in [-0.4, -0.2) is 11.9 Å². The van der Waals surface area contributed by atoms with Gasteiger partial charge in [0.1, 0.15) is 11.5 Å². The maximum atomic E-state index is 12.6. The number of rotatable bonds is 0. The van der Waals surface area contributed by atoms with Crippen molar-refractivity contribution in [2.45, 2.75) is 25.7 Å². The van der Waals surface area contributed by atoms with Crippen molar-refractivity contribution in [3.8, 4) is 11.5 Å². The Kier molecular flexibility index (Phi) is 2.57. The highest BCUT2D eigenvalue weighted by Gasteiger charge is 2.64. The minimum Gasteiger partial charge on any atom is -0.426 e. The van der Waals surface area contributed by atoms with Gasteiger partial charge in [-0.15, -0.1) is 0 Å². The lowest BCUT2D eigenvalue weighted by Crippen LogP contribution is -2.56. The Hall–Kier alpha value is -2.62. The number of hydrogen-bond acceptors (Lipinski definition) is 4. The molecule has 5 rings (SSSR count). The van der Waals surface area contributed by atoms with E-state index < -0.39 is 0 Å². The number of hydrogen-bond donors (Lipinski definition) is 0. The Balaban J connectivity index is 1.65. The highest BCUT2D eigenvalue weighted by molar-refractivity contribution is 5.91. The summed E-state index contributed by atoms with van der Waals surface area (Å²) in [5, 5.41) is 0. The van der Waals surface area contributed by atoms with E-state index in [1.165, 1.54) is 0 Å². The number of benzene rings is 2. The Morgan fingerprint density at radius 3 is 1.50 bits per heavy atom. The van der Waals surface area contributed by atoms with Crippen molar-refractivity contribution in [2.75, 3.05) is 0 Å². The molecule has 4 nitrogen and oxygen atoms in total. The molecule has 2 heterocycles. The second kappa shape index (κ2) is 4.47. The number of aryl methyl sites for hydroxylation is 2. The fourth-order valence-electron chi connectivity index (χ4n) is 4.47. The molecular formula is C20H16O4. The van der Waals surface area contributed by atoms with E-state index in [2.05, 4.69) is 0 Å². The lowest BCUT2D eigenvalue weighted by atomic mass is 9.51. The van der Waals surface area contributed by atoms with Crippen LogP contribution in [0.4, 0.5) is 0 Å². The van der Waals surface area contributed by atoms with E-state index in [9.17, 15) is 9.59 Å². The van der Waals surface area contributed by atoms with Crippen molar-refractivity contribution in [1.29, 1.82) is 0 Å². The van der Waals surface area contributed by atoms with E-state index >= 15 is 0 Å². The van der Waals surface area contributed by atoms with Crippen LogP contribution in [0.1, 0.15) is 34.1 Å². The maximum Gasteiger partial charge on any atom is 0.315 e. The molecule has 2 aromatic carbocycles. The fourth-order valence-corrected chi connectivity index (χ4v) is 4.47. The second-order valence-corrected chi connectivity index (χ2v) is 7.03. The standard InChI is InChI=1S/C20H16O4/c1-9-3-5-11-13(7-9)23-19(21)17-15(11)18-16(17)12-6-4-10(2)8-14(12)24-20(18)22/h3-8,15-18H,1-2H3. The first-order chi connectivity index (χ1) is 11.5. The topological polar surface area (TPSA) is 52.6 Å². The van der Waals surface area contributed by atoms with Crippen LogP contribution < -0.4 is 9.47 Å². The van der Waals surface area contributed by atoms with Crippen molar-refractivity contribution in [3.05, 3.63) is 58.7 Å². The van der Waals surface area contributed by atoms with Gasteiger partial charge in [0.05, 0.1) is 11.8 Å². The zero-order chi connectivity index (χ0) is 16.6. The largest absolute Gasteiger partial charge is 0.426 e. The summed E-state index contributed by atoms with van der Waals surface area (Å²) in [4.78, 5) is 25.2. The monoisotopic (exact) mass is 320 g/mol. The predicted molar refractivity (Wildman–Crippen MR) is 86.1 cm³/mol. The third-order valence-electron chi connectivity index (χ3n) is 5.57. The number of fused-ring (bicyclic) bond motifs is 8. The van der Waals surface area contributed by atoms with Crippen LogP contribution in [0.15, 0.2) is 36.4 Å². The summed E-state index contributed by atoms with van der Waals surface area (Å²) in [6.07, 6.45) is 0. The molecule has 2 aromatic rings. The molecule has 4 heteroatoms.